The summed E-state index contributed by atoms with van der Waals surface area (Å²) >= 11 is 3.55. The first-order chi connectivity index (χ1) is 9.09. The van der Waals surface area contributed by atoms with Crippen LogP contribution in [0.3, 0.4) is 0 Å². The number of aliphatic hydroxyl groups excluding tert-OH is 1. The van der Waals surface area contributed by atoms with Gasteiger partial charge in [-0.1, -0.05) is 40.2 Å². The van der Waals surface area contributed by atoms with E-state index in [-0.39, 0.29) is 0 Å². The molecule has 4 heteroatoms. The lowest BCUT2D eigenvalue weighted by Gasteiger charge is -2.22. The fourth-order valence-corrected chi connectivity index (χ4v) is 2.42. The van der Waals surface area contributed by atoms with Crippen molar-refractivity contribution < 1.29 is 5.11 Å². The van der Waals surface area contributed by atoms with Crippen LogP contribution in [0.5, 0.6) is 0 Å². The van der Waals surface area contributed by atoms with Crippen LogP contribution >= 0.6 is 15.9 Å². The van der Waals surface area contributed by atoms with Crippen LogP contribution in [0.15, 0.2) is 47.1 Å². The van der Waals surface area contributed by atoms with Crippen LogP contribution < -0.4 is 4.90 Å². The van der Waals surface area contributed by atoms with Crippen molar-refractivity contribution in [1.29, 1.82) is 0 Å². The Kier molecular flexibility index (Phi) is 4.56. The van der Waals surface area contributed by atoms with Gasteiger partial charge < -0.3 is 10.0 Å². The molecule has 0 amide bonds. The van der Waals surface area contributed by atoms with Crippen molar-refractivity contribution in [2.45, 2.75) is 19.6 Å². The summed E-state index contributed by atoms with van der Waals surface area (Å²) in [7, 11) is 1.98. The fourth-order valence-electron chi connectivity index (χ4n) is 2.01. The van der Waals surface area contributed by atoms with E-state index in [2.05, 4.69) is 27.0 Å². The van der Waals surface area contributed by atoms with Gasteiger partial charge in [-0.2, -0.15) is 0 Å². The van der Waals surface area contributed by atoms with Crippen molar-refractivity contribution in [2.24, 2.45) is 0 Å². The molecule has 19 heavy (non-hydrogen) atoms. The molecule has 1 atom stereocenters. The van der Waals surface area contributed by atoms with E-state index < -0.39 is 6.10 Å². The number of hydrogen-bond donors (Lipinski definition) is 1. The highest BCUT2D eigenvalue weighted by molar-refractivity contribution is 9.10. The lowest BCUT2D eigenvalue weighted by atomic mass is 10.1. The molecule has 1 heterocycles. The summed E-state index contributed by atoms with van der Waals surface area (Å²) in [6, 6.07) is 11.9. The third kappa shape index (κ3) is 3.33. The van der Waals surface area contributed by atoms with Gasteiger partial charge in [-0.3, -0.25) is 0 Å². The summed E-state index contributed by atoms with van der Waals surface area (Å²) in [4.78, 5) is 6.42. The minimum Gasteiger partial charge on any atom is -0.389 e. The van der Waals surface area contributed by atoms with Gasteiger partial charge in [-0.15, -0.1) is 0 Å². The quantitative estimate of drug-likeness (QED) is 0.936. The smallest absolute Gasteiger partial charge is 0.134 e. The fraction of sp³-hybridized carbons (Fsp3) is 0.267. The van der Waals surface area contributed by atoms with Crippen LogP contribution in [0.1, 0.15) is 24.2 Å². The number of benzene rings is 1. The maximum Gasteiger partial charge on any atom is 0.134 e. The lowest BCUT2D eigenvalue weighted by Crippen LogP contribution is -2.20. The van der Waals surface area contributed by atoms with Gasteiger partial charge in [0.25, 0.3) is 0 Å². The molecule has 1 aromatic heterocycles. The van der Waals surface area contributed by atoms with Crippen LogP contribution in [0.4, 0.5) is 5.82 Å². The Morgan fingerprint density at radius 1 is 1.26 bits per heavy atom. The molecule has 0 saturated heterocycles. The first-order valence-corrected chi connectivity index (χ1v) is 6.96. The second-order valence-corrected chi connectivity index (χ2v) is 5.39. The summed E-state index contributed by atoms with van der Waals surface area (Å²) in [5.74, 6) is 0.813. The minimum atomic E-state index is -0.523. The number of anilines is 1. The molecule has 100 valence electrons. The van der Waals surface area contributed by atoms with Gasteiger partial charge in [0.05, 0.1) is 6.10 Å². The molecule has 0 spiro atoms. The van der Waals surface area contributed by atoms with E-state index in [1.807, 2.05) is 42.3 Å². The highest BCUT2D eigenvalue weighted by atomic mass is 79.9. The molecule has 0 radical (unpaired) electrons. The van der Waals surface area contributed by atoms with E-state index in [1.165, 1.54) is 5.56 Å². The van der Waals surface area contributed by atoms with Crippen molar-refractivity contribution in [1.82, 2.24) is 4.98 Å². The topological polar surface area (TPSA) is 36.4 Å². The van der Waals surface area contributed by atoms with Gasteiger partial charge in [0.1, 0.15) is 5.82 Å². The Morgan fingerprint density at radius 3 is 2.68 bits per heavy atom. The molecule has 0 aliphatic rings. The summed E-state index contributed by atoms with van der Waals surface area (Å²) < 4.78 is 1.08. The van der Waals surface area contributed by atoms with Gasteiger partial charge in [0.15, 0.2) is 0 Å². The first kappa shape index (κ1) is 14.0. The highest BCUT2D eigenvalue weighted by Gasteiger charge is 2.13. The van der Waals surface area contributed by atoms with Crippen LogP contribution in [0.25, 0.3) is 0 Å². The molecule has 0 saturated carbocycles. The predicted molar refractivity (Wildman–Crippen MR) is 81.1 cm³/mol. The van der Waals surface area contributed by atoms with E-state index in [9.17, 15) is 5.11 Å². The number of aromatic nitrogens is 1. The van der Waals surface area contributed by atoms with Gasteiger partial charge >= 0.3 is 0 Å². The molecule has 2 aromatic rings. The molecule has 0 aliphatic carbocycles. The van der Waals surface area contributed by atoms with Crippen molar-refractivity contribution in [3.05, 3.63) is 58.2 Å². The van der Waals surface area contributed by atoms with Crippen molar-refractivity contribution >= 4 is 21.7 Å². The molecule has 1 N–H and O–H groups in total. The van der Waals surface area contributed by atoms with Gasteiger partial charge in [-0.05, 0) is 24.6 Å². The van der Waals surface area contributed by atoms with Crippen LogP contribution in [0, 0.1) is 0 Å². The zero-order chi connectivity index (χ0) is 13.8. The summed E-state index contributed by atoms with van der Waals surface area (Å²) in [6.07, 6.45) is 1.22. The maximum absolute atomic E-state index is 9.80. The largest absolute Gasteiger partial charge is 0.389 e. The number of pyridine rings is 1. The SMILES string of the molecule is C[C@@H](O)c1cccnc1N(C)Cc1ccccc1Br. The molecule has 0 aliphatic heterocycles. The van der Waals surface area contributed by atoms with Crippen molar-refractivity contribution in [2.75, 3.05) is 11.9 Å². The van der Waals surface area contributed by atoms with E-state index in [1.54, 1.807) is 13.1 Å². The Morgan fingerprint density at radius 2 is 2.00 bits per heavy atom. The lowest BCUT2D eigenvalue weighted by molar-refractivity contribution is 0.199. The second kappa shape index (κ2) is 6.17. The van der Waals surface area contributed by atoms with E-state index >= 15 is 0 Å². The van der Waals surface area contributed by atoms with Crippen molar-refractivity contribution in [3.63, 3.8) is 0 Å². The number of rotatable bonds is 4. The Balaban J connectivity index is 2.26. The van der Waals surface area contributed by atoms with E-state index in [0.29, 0.717) is 0 Å². The molecule has 0 bridgehead atoms. The molecule has 0 unspecified atom stereocenters. The minimum absolute atomic E-state index is 0.523. The zero-order valence-electron chi connectivity index (χ0n) is 11.0. The molecule has 0 fully saturated rings. The number of nitrogens with zero attached hydrogens (tertiary/aromatic N) is 2. The third-order valence-electron chi connectivity index (χ3n) is 2.99. The molecule has 1 aromatic carbocycles. The van der Waals surface area contributed by atoms with Crippen LogP contribution in [-0.4, -0.2) is 17.1 Å². The summed E-state index contributed by atoms with van der Waals surface area (Å²) in [5, 5.41) is 9.80. The number of halogens is 1. The summed E-state index contributed by atoms with van der Waals surface area (Å²) in [6.45, 7) is 2.49. The molecule has 3 nitrogen and oxygen atoms in total. The van der Waals surface area contributed by atoms with Gasteiger partial charge in [0, 0.05) is 29.8 Å². The molecular formula is C15H17BrN2O. The normalized spacial score (nSPS) is 12.2. The second-order valence-electron chi connectivity index (χ2n) is 4.54. The third-order valence-corrected chi connectivity index (χ3v) is 3.77. The predicted octanol–water partition coefficient (Wildman–Crippen LogP) is 3.53. The first-order valence-electron chi connectivity index (χ1n) is 6.17. The highest BCUT2D eigenvalue weighted by Crippen LogP contribution is 2.25. The number of hydrogen-bond acceptors (Lipinski definition) is 3. The Hall–Kier alpha value is -1.39. The zero-order valence-corrected chi connectivity index (χ0v) is 12.6. The maximum atomic E-state index is 9.80. The van der Waals surface area contributed by atoms with Crippen LogP contribution in [0.2, 0.25) is 0 Å². The van der Waals surface area contributed by atoms with Crippen LogP contribution in [-0.2, 0) is 6.54 Å². The number of aliphatic hydroxyl groups is 1. The average molecular weight is 321 g/mol. The van der Waals surface area contributed by atoms with Gasteiger partial charge in [-0.25, -0.2) is 4.98 Å². The average Bonchev–Trinajstić information content (AvgIpc) is 2.41. The van der Waals surface area contributed by atoms with E-state index in [4.69, 9.17) is 0 Å². The Labute approximate surface area is 122 Å². The van der Waals surface area contributed by atoms with E-state index in [0.717, 1.165) is 22.4 Å². The van der Waals surface area contributed by atoms with Gasteiger partial charge in [0.2, 0.25) is 0 Å². The molecular weight excluding hydrogens is 304 g/mol. The Bertz CT molecular complexity index is 557. The van der Waals surface area contributed by atoms with Crippen molar-refractivity contribution in [3.8, 4) is 0 Å². The molecule has 2 rings (SSSR count). The standard InChI is InChI=1S/C15H17BrN2O/c1-11(19)13-7-5-9-17-15(13)18(2)10-12-6-3-4-8-14(12)16/h3-9,11,19H,10H2,1-2H3/t11-/m1/s1. The summed E-state index contributed by atoms with van der Waals surface area (Å²) in [5.41, 5.74) is 2.03. The monoisotopic (exact) mass is 320 g/mol.